The number of ether oxygens (including phenoxy) is 1. The first-order chi connectivity index (χ1) is 10.7. The summed E-state index contributed by atoms with van der Waals surface area (Å²) in [5.74, 6) is -1.03. The molecule has 0 aliphatic carbocycles. The number of benzene rings is 1. The zero-order chi connectivity index (χ0) is 17.5. The molecular weight excluding hydrogens is 296 g/mol. The number of hydrogen-bond donors (Lipinski definition) is 2. The Kier molecular flexibility index (Phi) is 6.50. The van der Waals surface area contributed by atoms with Crippen LogP contribution in [0.1, 0.15) is 36.7 Å². The number of nitrogens with one attached hydrogen (secondary N) is 2. The zero-order valence-electron chi connectivity index (χ0n) is 13.8. The SMILES string of the molecule is COC(=O)c1ccc(/C=C/C(=O)NCC(=O)NC(C)(C)C)cc1. The van der Waals surface area contributed by atoms with E-state index in [2.05, 4.69) is 15.4 Å². The minimum Gasteiger partial charge on any atom is -0.465 e. The molecule has 124 valence electrons. The first kappa shape index (κ1) is 18.4. The number of rotatable bonds is 5. The van der Waals surface area contributed by atoms with E-state index in [-0.39, 0.29) is 23.9 Å². The third-order valence-corrected chi connectivity index (χ3v) is 2.70. The lowest BCUT2D eigenvalue weighted by Gasteiger charge is -2.20. The summed E-state index contributed by atoms with van der Waals surface area (Å²) >= 11 is 0. The molecule has 23 heavy (non-hydrogen) atoms. The molecule has 6 heteroatoms. The summed E-state index contributed by atoms with van der Waals surface area (Å²) in [5, 5.41) is 5.25. The minimum absolute atomic E-state index is 0.0816. The Morgan fingerprint density at radius 2 is 1.74 bits per heavy atom. The standard InChI is InChI=1S/C17H22N2O4/c1-17(2,3)19-15(21)11-18-14(20)10-7-12-5-8-13(9-6-12)16(22)23-4/h5-10H,11H2,1-4H3,(H,18,20)(H,19,21)/b10-7+. The molecule has 0 saturated carbocycles. The van der Waals surface area contributed by atoms with Crippen molar-refractivity contribution in [2.75, 3.05) is 13.7 Å². The van der Waals surface area contributed by atoms with E-state index in [1.807, 2.05) is 20.8 Å². The van der Waals surface area contributed by atoms with Crippen LogP contribution in [0.25, 0.3) is 6.08 Å². The molecule has 2 N–H and O–H groups in total. The van der Waals surface area contributed by atoms with Crippen LogP contribution in [0.3, 0.4) is 0 Å². The van der Waals surface area contributed by atoms with Crippen molar-refractivity contribution in [3.05, 3.63) is 41.5 Å². The van der Waals surface area contributed by atoms with E-state index in [9.17, 15) is 14.4 Å². The van der Waals surface area contributed by atoms with Crippen molar-refractivity contribution in [1.82, 2.24) is 10.6 Å². The van der Waals surface area contributed by atoms with Crippen LogP contribution in [0, 0.1) is 0 Å². The number of carbonyl (C=O) groups is 3. The second-order valence-electron chi connectivity index (χ2n) is 5.96. The van der Waals surface area contributed by atoms with Crippen molar-refractivity contribution < 1.29 is 19.1 Å². The Bertz CT molecular complexity index is 598. The Morgan fingerprint density at radius 3 is 2.26 bits per heavy atom. The van der Waals surface area contributed by atoms with Crippen LogP contribution in [0.2, 0.25) is 0 Å². The highest BCUT2D eigenvalue weighted by Gasteiger charge is 2.13. The Balaban J connectivity index is 2.49. The molecule has 6 nitrogen and oxygen atoms in total. The van der Waals surface area contributed by atoms with Crippen LogP contribution in [0.4, 0.5) is 0 Å². The van der Waals surface area contributed by atoms with Gasteiger partial charge in [0.05, 0.1) is 19.2 Å². The van der Waals surface area contributed by atoms with Gasteiger partial charge in [-0.2, -0.15) is 0 Å². The van der Waals surface area contributed by atoms with E-state index in [0.29, 0.717) is 5.56 Å². The van der Waals surface area contributed by atoms with Crippen molar-refractivity contribution in [3.8, 4) is 0 Å². The van der Waals surface area contributed by atoms with Crippen LogP contribution >= 0.6 is 0 Å². The molecule has 1 aromatic rings. The topological polar surface area (TPSA) is 84.5 Å². The normalized spacial score (nSPS) is 11.1. The van der Waals surface area contributed by atoms with Gasteiger partial charge in [-0.3, -0.25) is 9.59 Å². The maximum absolute atomic E-state index is 11.7. The number of methoxy groups -OCH3 is 1. The van der Waals surface area contributed by atoms with Gasteiger partial charge in [-0.1, -0.05) is 12.1 Å². The molecule has 0 heterocycles. The third kappa shape index (κ3) is 7.26. The van der Waals surface area contributed by atoms with Gasteiger partial charge in [0, 0.05) is 11.6 Å². The highest BCUT2D eigenvalue weighted by molar-refractivity contribution is 5.94. The molecule has 0 radical (unpaired) electrons. The van der Waals surface area contributed by atoms with E-state index < -0.39 is 5.97 Å². The van der Waals surface area contributed by atoms with E-state index in [0.717, 1.165) is 5.56 Å². The molecule has 0 bridgehead atoms. The molecular formula is C17H22N2O4. The quantitative estimate of drug-likeness (QED) is 0.637. The van der Waals surface area contributed by atoms with E-state index in [1.54, 1.807) is 30.3 Å². The Labute approximate surface area is 135 Å². The second-order valence-corrected chi connectivity index (χ2v) is 5.96. The largest absolute Gasteiger partial charge is 0.465 e. The molecule has 0 unspecified atom stereocenters. The van der Waals surface area contributed by atoms with Crippen molar-refractivity contribution in [2.45, 2.75) is 26.3 Å². The highest BCUT2D eigenvalue weighted by atomic mass is 16.5. The molecule has 2 amide bonds. The van der Waals surface area contributed by atoms with Gasteiger partial charge in [0.15, 0.2) is 0 Å². The van der Waals surface area contributed by atoms with Crippen LogP contribution in [0.5, 0.6) is 0 Å². The van der Waals surface area contributed by atoms with Gasteiger partial charge < -0.3 is 15.4 Å². The van der Waals surface area contributed by atoms with Crippen molar-refractivity contribution in [1.29, 1.82) is 0 Å². The maximum Gasteiger partial charge on any atom is 0.337 e. The predicted octanol–water partition coefficient (Wildman–Crippen LogP) is 1.52. The van der Waals surface area contributed by atoms with Gasteiger partial charge in [0.1, 0.15) is 0 Å². The van der Waals surface area contributed by atoms with Gasteiger partial charge in [-0.25, -0.2) is 4.79 Å². The van der Waals surface area contributed by atoms with Gasteiger partial charge in [-0.15, -0.1) is 0 Å². The number of hydrogen-bond acceptors (Lipinski definition) is 4. The van der Waals surface area contributed by atoms with Gasteiger partial charge >= 0.3 is 5.97 Å². The molecule has 1 aromatic carbocycles. The van der Waals surface area contributed by atoms with Gasteiger partial charge in [-0.05, 0) is 44.5 Å². The molecule has 0 spiro atoms. The monoisotopic (exact) mass is 318 g/mol. The van der Waals surface area contributed by atoms with E-state index >= 15 is 0 Å². The molecule has 0 saturated heterocycles. The average molecular weight is 318 g/mol. The fourth-order valence-corrected chi connectivity index (χ4v) is 1.71. The minimum atomic E-state index is -0.414. The van der Waals surface area contributed by atoms with Crippen molar-refractivity contribution >= 4 is 23.9 Å². The lowest BCUT2D eigenvalue weighted by Crippen LogP contribution is -2.45. The number of esters is 1. The number of amides is 2. The average Bonchev–Trinajstić information content (AvgIpc) is 2.49. The molecule has 1 rings (SSSR count). The summed E-state index contributed by atoms with van der Waals surface area (Å²) in [5.41, 5.74) is 0.860. The lowest BCUT2D eigenvalue weighted by molar-refractivity contribution is -0.124. The summed E-state index contributed by atoms with van der Waals surface area (Å²) in [6, 6.07) is 6.62. The fourth-order valence-electron chi connectivity index (χ4n) is 1.71. The van der Waals surface area contributed by atoms with Gasteiger partial charge in [0.25, 0.3) is 0 Å². The van der Waals surface area contributed by atoms with Crippen LogP contribution in [-0.4, -0.2) is 37.0 Å². The summed E-state index contributed by atoms with van der Waals surface area (Å²) in [4.78, 5) is 34.5. The lowest BCUT2D eigenvalue weighted by atomic mass is 10.1. The third-order valence-electron chi connectivity index (χ3n) is 2.70. The molecule has 0 atom stereocenters. The first-order valence-corrected chi connectivity index (χ1v) is 7.16. The second kappa shape index (κ2) is 8.12. The van der Waals surface area contributed by atoms with E-state index in [4.69, 9.17) is 0 Å². The fraction of sp³-hybridized carbons (Fsp3) is 0.353. The molecule has 0 aliphatic heterocycles. The smallest absolute Gasteiger partial charge is 0.337 e. The van der Waals surface area contributed by atoms with E-state index in [1.165, 1.54) is 13.2 Å². The summed E-state index contributed by atoms with van der Waals surface area (Å²) in [7, 11) is 1.32. The summed E-state index contributed by atoms with van der Waals surface area (Å²) < 4.78 is 4.60. The molecule has 0 aromatic heterocycles. The van der Waals surface area contributed by atoms with Crippen LogP contribution in [0.15, 0.2) is 30.3 Å². The zero-order valence-corrected chi connectivity index (χ0v) is 13.8. The van der Waals surface area contributed by atoms with Crippen molar-refractivity contribution in [3.63, 3.8) is 0 Å². The molecule has 0 fully saturated rings. The van der Waals surface area contributed by atoms with Crippen molar-refractivity contribution in [2.24, 2.45) is 0 Å². The highest BCUT2D eigenvalue weighted by Crippen LogP contribution is 2.07. The van der Waals surface area contributed by atoms with Gasteiger partial charge in [0.2, 0.25) is 11.8 Å². The first-order valence-electron chi connectivity index (χ1n) is 7.16. The number of carbonyl (C=O) groups excluding carboxylic acids is 3. The summed E-state index contributed by atoms with van der Waals surface area (Å²) in [6.07, 6.45) is 2.93. The maximum atomic E-state index is 11.7. The van der Waals surface area contributed by atoms with Crippen LogP contribution < -0.4 is 10.6 Å². The molecule has 0 aliphatic rings. The Hall–Kier alpha value is -2.63. The predicted molar refractivity (Wildman–Crippen MR) is 87.7 cm³/mol. The Morgan fingerprint density at radius 1 is 1.13 bits per heavy atom. The summed E-state index contributed by atoms with van der Waals surface area (Å²) in [6.45, 7) is 5.52. The van der Waals surface area contributed by atoms with Crippen LogP contribution in [-0.2, 0) is 14.3 Å².